The number of hydrogen-bond donors (Lipinski definition) is 1. The van der Waals surface area contributed by atoms with Crippen molar-refractivity contribution < 1.29 is 0 Å². The van der Waals surface area contributed by atoms with Crippen molar-refractivity contribution in [3.8, 4) is 0 Å². The maximum atomic E-state index is 3.55. The smallest absolute Gasteiger partial charge is 0.00578 e. The zero-order valence-corrected chi connectivity index (χ0v) is 10.9. The Bertz CT molecular complexity index is 262. The molecule has 1 aliphatic carbocycles. The largest absolute Gasteiger partial charge is 0.316 e. The first kappa shape index (κ1) is 12.1. The third-order valence-corrected chi connectivity index (χ3v) is 4.51. The van der Waals surface area contributed by atoms with Gasteiger partial charge in [0.15, 0.2) is 0 Å². The van der Waals surface area contributed by atoms with Gasteiger partial charge in [-0.1, -0.05) is 31.7 Å². The van der Waals surface area contributed by atoms with Crippen molar-refractivity contribution in [2.75, 3.05) is 13.1 Å². The van der Waals surface area contributed by atoms with Crippen LogP contribution in [0.2, 0.25) is 0 Å². The fourth-order valence-electron chi connectivity index (χ4n) is 2.61. The van der Waals surface area contributed by atoms with Gasteiger partial charge in [-0.15, -0.1) is 11.3 Å². The van der Waals surface area contributed by atoms with Crippen molar-refractivity contribution in [3.63, 3.8) is 0 Å². The Kier molecular flexibility index (Phi) is 5.36. The van der Waals surface area contributed by atoms with Gasteiger partial charge >= 0.3 is 0 Å². The van der Waals surface area contributed by atoms with Gasteiger partial charge in [0.1, 0.15) is 0 Å². The lowest BCUT2D eigenvalue weighted by molar-refractivity contribution is 0.471. The van der Waals surface area contributed by atoms with Crippen LogP contribution >= 0.6 is 11.3 Å². The molecule has 1 fully saturated rings. The average molecular weight is 237 g/mol. The van der Waals surface area contributed by atoms with Crippen molar-refractivity contribution in [3.05, 3.63) is 22.4 Å². The second kappa shape index (κ2) is 7.08. The first-order valence-electron chi connectivity index (χ1n) is 6.68. The summed E-state index contributed by atoms with van der Waals surface area (Å²) >= 11 is 1.87. The lowest BCUT2D eigenvalue weighted by Crippen LogP contribution is -2.18. The lowest BCUT2D eigenvalue weighted by atomic mass is 10.0. The molecule has 1 aliphatic rings. The number of hydrogen-bond acceptors (Lipinski definition) is 2. The highest BCUT2D eigenvalue weighted by Gasteiger charge is 2.13. The molecule has 1 nitrogen and oxygen atoms in total. The molecule has 1 aromatic heterocycles. The van der Waals surface area contributed by atoms with Crippen molar-refractivity contribution >= 4 is 11.3 Å². The zero-order valence-electron chi connectivity index (χ0n) is 10.1. The van der Waals surface area contributed by atoms with Crippen molar-refractivity contribution in [2.24, 2.45) is 5.92 Å². The fraction of sp³-hybridized carbons (Fsp3) is 0.714. The average Bonchev–Trinajstić information content (AvgIpc) is 2.96. The Labute approximate surface area is 103 Å². The zero-order chi connectivity index (χ0) is 11.1. The van der Waals surface area contributed by atoms with E-state index in [1.165, 1.54) is 56.4 Å². The minimum absolute atomic E-state index is 1.05. The van der Waals surface area contributed by atoms with Crippen LogP contribution in [0.3, 0.4) is 0 Å². The van der Waals surface area contributed by atoms with Crippen LogP contribution < -0.4 is 5.32 Å². The van der Waals surface area contributed by atoms with Gasteiger partial charge in [-0.2, -0.15) is 0 Å². The molecule has 0 amide bonds. The van der Waals surface area contributed by atoms with E-state index in [0.29, 0.717) is 0 Å². The highest BCUT2D eigenvalue weighted by molar-refractivity contribution is 7.09. The number of rotatable bonds is 7. The monoisotopic (exact) mass is 237 g/mol. The maximum absolute atomic E-state index is 3.55. The molecule has 0 aromatic carbocycles. The molecule has 0 saturated heterocycles. The SMILES string of the molecule is c1csc(CCNCCCC2CCCC2)c1. The standard InChI is InChI=1S/C14H23NS/c1-2-6-13(5-1)7-3-10-15-11-9-14-8-4-12-16-14/h4,8,12-13,15H,1-3,5-7,9-11H2. The molecule has 0 bridgehead atoms. The van der Waals surface area contributed by atoms with E-state index in [0.717, 1.165) is 12.5 Å². The molecule has 90 valence electrons. The van der Waals surface area contributed by atoms with E-state index in [-0.39, 0.29) is 0 Å². The lowest BCUT2D eigenvalue weighted by Gasteiger charge is -2.08. The van der Waals surface area contributed by atoms with Gasteiger partial charge < -0.3 is 5.32 Å². The molecule has 2 rings (SSSR count). The van der Waals surface area contributed by atoms with E-state index in [2.05, 4.69) is 22.8 Å². The Morgan fingerprint density at radius 2 is 2.12 bits per heavy atom. The van der Waals surface area contributed by atoms with Gasteiger partial charge in [0.2, 0.25) is 0 Å². The highest BCUT2D eigenvalue weighted by atomic mass is 32.1. The van der Waals surface area contributed by atoms with Crippen LogP contribution in [0.15, 0.2) is 17.5 Å². The molecule has 1 saturated carbocycles. The Morgan fingerprint density at radius 1 is 1.25 bits per heavy atom. The van der Waals surface area contributed by atoms with Crippen LogP contribution in [-0.4, -0.2) is 13.1 Å². The van der Waals surface area contributed by atoms with E-state index in [9.17, 15) is 0 Å². The molecule has 0 unspecified atom stereocenters. The van der Waals surface area contributed by atoms with E-state index in [1.807, 2.05) is 11.3 Å². The molecule has 1 N–H and O–H groups in total. The molecule has 0 radical (unpaired) electrons. The molecule has 1 aromatic rings. The van der Waals surface area contributed by atoms with Crippen molar-refractivity contribution in [2.45, 2.75) is 44.9 Å². The Hall–Kier alpha value is -0.340. The van der Waals surface area contributed by atoms with Crippen LogP contribution in [0, 0.1) is 5.92 Å². The first-order valence-corrected chi connectivity index (χ1v) is 7.56. The van der Waals surface area contributed by atoms with Gasteiger partial charge in [0.05, 0.1) is 0 Å². The summed E-state index contributed by atoms with van der Waals surface area (Å²) in [7, 11) is 0. The third-order valence-electron chi connectivity index (χ3n) is 3.57. The van der Waals surface area contributed by atoms with E-state index < -0.39 is 0 Å². The van der Waals surface area contributed by atoms with E-state index in [4.69, 9.17) is 0 Å². The van der Waals surface area contributed by atoms with Crippen LogP contribution in [0.1, 0.15) is 43.4 Å². The minimum atomic E-state index is 1.05. The van der Waals surface area contributed by atoms with Crippen LogP contribution in [-0.2, 0) is 6.42 Å². The summed E-state index contributed by atoms with van der Waals surface area (Å²) in [6, 6.07) is 4.37. The summed E-state index contributed by atoms with van der Waals surface area (Å²) in [5.41, 5.74) is 0. The topological polar surface area (TPSA) is 12.0 Å². The normalized spacial score (nSPS) is 17.0. The highest BCUT2D eigenvalue weighted by Crippen LogP contribution is 2.28. The second-order valence-electron chi connectivity index (χ2n) is 4.87. The Morgan fingerprint density at radius 3 is 2.88 bits per heavy atom. The summed E-state index contributed by atoms with van der Waals surface area (Å²) in [5.74, 6) is 1.05. The summed E-state index contributed by atoms with van der Waals surface area (Å²) in [4.78, 5) is 1.50. The fourth-order valence-corrected chi connectivity index (χ4v) is 3.32. The molecular weight excluding hydrogens is 214 g/mol. The summed E-state index contributed by atoms with van der Waals surface area (Å²) in [6.45, 7) is 2.35. The summed E-state index contributed by atoms with van der Waals surface area (Å²) < 4.78 is 0. The van der Waals surface area contributed by atoms with Crippen LogP contribution in [0.4, 0.5) is 0 Å². The molecule has 16 heavy (non-hydrogen) atoms. The maximum Gasteiger partial charge on any atom is 0.00578 e. The summed E-state index contributed by atoms with van der Waals surface area (Å²) in [5, 5.41) is 5.72. The van der Waals surface area contributed by atoms with Gasteiger partial charge in [-0.3, -0.25) is 0 Å². The van der Waals surface area contributed by atoms with Gasteiger partial charge in [-0.25, -0.2) is 0 Å². The first-order chi connectivity index (χ1) is 7.95. The molecular formula is C14H23NS. The quantitative estimate of drug-likeness (QED) is 0.710. The van der Waals surface area contributed by atoms with Crippen molar-refractivity contribution in [1.29, 1.82) is 0 Å². The number of nitrogens with one attached hydrogen (secondary N) is 1. The van der Waals surface area contributed by atoms with Gasteiger partial charge in [0, 0.05) is 4.88 Å². The van der Waals surface area contributed by atoms with Gasteiger partial charge in [0.25, 0.3) is 0 Å². The Balaban J connectivity index is 1.43. The second-order valence-corrected chi connectivity index (χ2v) is 5.90. The van der Waals surface area contributed by atoms with Gasteiger partial charge in [-0.05, 0) is 49.7 Å². The molecule has 1 heterocycles. The van der Waals surface area contributed by atoms with E-state index in [1.54, 1.807) is 0 Å². The molecule has 0 aliphatic heterocycles. The molecule has 0 spiro atoms. The predicted molar refractivity (Wildman–Crippen MR) is 72.1 cm³/mol. The van der Waals surface area contributed by atoms with Crippen LogP contribution in [0.5, 0.6) is 0 Å². The van der Waals surface area contributed by atoms with Crippen LogP contribution in [0.25, 0.3) is 0 Å². The third kappa shape index (κ3) is 4.26. The molecule has 2 heteroatoms. The molecule has 0 atom stereocenters. The van der Waals surface area contributed by atoms with Crippen molar-refractivity contribution in [1.82, 2.24) is 5.32 Å². The predicted octanol–water partition coefficient (Wildman–Crippen LogP) is 3.85. The minimum Gasteiger partial charge on any atom is -0.316 e. The van der Waals surface area contributed by atoms with E-state index >= 15 is 0 Å². The summed E-state index contributed by atoms with van der Waals surface area (Å²) in [6.07, 6.45) is 9.97. The number of thiophene rings is 1.